The third-order valence-corrected chi connectivity index (χ3v) is 7.18. The first-order valence-corrected chi connectivity index (χ1v) is 16.1. The number of carboxylic acid groups (broad SMARTS) is 1. The molecule has 0 saturated heterocycles. The number of rotatable bonds is 22. The van der Waals surface area contributed by atoms with E-state index in [0.29, 0.717) is 19.3 Å². The van der Waals surface area contributed by atoms with Crippen molar-refractivity contribution >= 4 is 41.4 Å². The van der Waals surface area contributed by atoms with Crippen LogP contribution in [0, 0.1) is 11.8 Å². The van der Waals surface area contributed by atoms with Crippen LogP contribution < -0.4 is 43.4 Å². The molecular formula is C30H56N8O10. The molecule has 8 atom stereocenters. The fourth-order valence-corrected chi connectivity index (χ4v) is 4.42. The van der Waals surface area contributed by atoms with E-state index in [9.17, 15) is 43.8 Å². The van der Waals surface area contributed by atoms with E-state index >= 15 is 0 Å². The van der Waals surface area contributed by atoms with Gasteiger partial charge in [-0.1, -0.05) is 27.7 Å². The molecule has 0 radical (unpaired) electrons. The fourth-order valence-electron chi connectivity index (χ4n) is 4.42. The van der Waals surface area contributed by atoms with Crippen molar-refractivity contribution in [2.75, 3.05) is 13.1 Å². The van der Waals surface area contributed by atoms with Crippen molar-refractivity contribution < 1.29 is 48.9 Å². The number of nitrogens with one attached hydrogen (secondary N) is 6. The Kier molecular flexibility index (Phi) is 20.1. The lowest BCUT2D eigenvalue weighted by Crippen LogP contribution is -2.62. The molecule has 13 N–H and O–H groups in total. The Morgan fingerprint density at radius 3 is 1.58 bits per heavy atom. The molecule has 0 spiro atoms. The van der Waals surface area contributed by atoms with Crippen LogP contribution in [0.15, 0.2) is 0 Å². The summed E-state index contributed by atoms with van der Waals surface area (Å²) in [6.07, 6.45) is -1.69. The van der Waals surface area contributed by atoms with E-state index in [4.69, 9.17) is 16.6 Å². The van der Waals surface area contributed by atoms with Crippen LogP contribution in [0.25, 0.3) is 0 Å². The summed E-state index contributed by atoms with van der Waals surface area (Å²) < 4.78 is 0. The van der Waals surface area contributed by atoms with Gasteiger partial charge in [0.15, 0.2) is 0 Å². The molecule has 0 unspecified atom stereocenters. The van der Waals surface area contributed by atoms with Gasteiger partial charge < -0.3 is 58.7 Å². The number of hydrogen-bond donors (Lipinski definition) is 11. The van der Waals surface area contributed by atoms with Gasteiger partial charge in [0.25, 0.3) is 0 Å². The monoisotopic (exact) mass is 688 g/mol. The number of carbonyl (C=O) groups excluding carboxylic acids is 6. The highest BCUT2D eigenvalue weighted by Gasteiger charge is 2.35. The smallest absolute Gasteiger partial charge is 0.322 e. The highest BCUT2D eigenvalue weighted by Crippen LogP contribution is 2.08. The Morgan fingerprint density at radius 2 is 1.12 bits per heavy atom. The molecule has 0 aromatic rings. The minimum absolute atomic E-state index is 0.0236. The Bertz CT molecular complexity index is 1100. The summed E-state index contributed by atoms with van der Waals surface area (Å²) >= 11 is 0. The van der Waals surface area contributed by atoms with Gasteiger partial charge >= 0.3 is 5.97 Å². The van der Waals surface area contributed by atoms with Crippen LogP contribution in [0.4, 0.5) is 0 Å². The maximum atomic E-state index is 13.4. The summed E-state index contributed by atoms with van der Waals surface area (Å²) in [5, 5.41) is 43.8. The molecule has 0 aliphatic heterocycles. The molecule has 276 valence electrons. The largest absolute Gasteiger partial charge is 0.480 e. The van der Waals surface area contributed by atoms with Crippen molar-refractivity contribution in [3.05, 3.63) is 0 Å². The first kappa shape index (κ1) is 44.1. The molecular weight excluding hydrogens is 632 g/mol. The Morgan fingerprint density at radius 1 is 0.625 bits per heavy atom. The van der Waals surface area contributed by atoms with Crippen molar-refractivity contribution in [2.45, 2.75) is 123 Å². The van der Waals surface area contributed by atoms with E-state index in [1.165, 1.54) is 20.8 Å². The summed E-state index contributed by atoms with van der Waals surface area (Å²) in [7, 11) is 0. The Hall–Kier alpha value is -3.87. The summed E-state index contributed by atoms with van der Waals surface area (Å²) in [4.78, 5) is 88.4. The van der Waals surface area contributed by atoms with Crippen LogP contribution in [0.1, 0.15) is 74.1 Å². The molecule has 0 saturated carbocycles. The maximum absolute atomic E-state index is 13.4. The summed E-state index contributed by atoms with van der Waals surface area (Å²) in [5.41, 5.74) is 11.4. The first-order valence-electron chi connectivity index (χ1n) is 16.1. The van der Waals surface area contributed by atoms with E-state index in [2.05, 4.69) is 31.9 Å². The van der Waals surface area contributed by atoms with Crippen LogP contribution in [0.3, 0.4) is 0 Å². The number of aliphatic carboxylic acids is 1. The number of nitrogens with two attached hydrogens (primary N) is 2. The van der Waals surface area contributed by atoms with Crippen molar-refractivity contribution in [3.63, 3.8) is 0 Å². The summed E-state index contributed by atoms with van der Waals surface area (Å²) in [6, 6.07) is -7.66. The van der Waals surface area contributed by atoms with Crippen molar-refractivity contribution in [2.24, 2.45) is 23.3 Å². The van der Waals surface area contributed by atoms with E-state index in [1.54, 1.807) is 13.8 Å². The lowest BCUT2D eigenvalue weighted by Gasteiger charge is -2.29. The highest BCUT2D eigenvalue weighted by molar-refractivity contribution is 5.97. The SMILES string of the molecule is CC(C)C[C@H](N)C(=O)N[C@@H](C)C(=O)N[C@H](C(=O)N[C@@H](CCCCN)C(=O)N[C@H](C(=O)N[C@H](C(=O)NCC(=O)O)C(C)C)[C@@H](C)O)[C@@H](C)O. The van der Waals surface area contributed by atoms with E-state index in [0.717, 1.165) is 0 Å². The lowest BCUT2D eigenvalue weighted by molar-refractivity contribution is -0.139. The van der Waals surface area contributed by atoms with Crippen molar-refractivity contribution in [1.82, 2.24) is 31.9 Å². The van der Waals surface area contributed by atoms with Gasteiger partial charge in [-0.05, 0) is 64.8 Å². The molecule has 0 fully saturated rings. The Labute approximate surface area is 281 Å². The fraction of sp³-hybridized carbons (Fsp3) is 0.767. The molecule has 18 nitrogen and oxygen atoms in total. The van der Waals surface area contributed by atoms with Crippen LogP contribution >= 0.6 is 0 Å². The van der Waals surface area contributed by atoms with Gasteiger partial charge in [0.05, 0.1) is 18.2 Å². The Balaban J connectivity index is 5.85. The standard InChI is InChI=1S/C30H56N8O10/c1-14(2)12-19(32)26(44)34-16(5)25(43)37-23(17(6)39)29(47)35-20(10-8-9-11-31)27(45)38-24(18(7)40)30(48)36-22(15(3)4)28(46)33-13-21(41)42/h14-20,22-24,39-40H,8-13,31-32H2,1-7H3,(H,33,46)(H,34,44)(H,35,47)(H,36,48)(H,37,43)(H,38,45)(H,41,42)/t16-,17+,18+,19-,20-,22-,23-,24-/m0/s1. The highest BCUT2D eigenvalue weighted by atomic mass is 16.4. The maximum Gasteiger partial charge on any atom is 0.322 e. The molecule has 0 aliphatic carbocycles. The third kappa shape index (κ3) is 16.3. The number of aliphatic hydroxyl groups excluding tert-OH is 2. The summed E-state index contributed by atoms with van der Waals surface area (Å²) in [5.74, 6) is -6.63. The van der Waals surface area contributed by atoms with E-state index < -0.39 is 102 Å². The predicted molar refractivity (Wildman–Crippen MR) is 175 cm³/mol. The molecule has 18 heteroatoms. The zero-order chi connectivity index (χ0) is 37.3. The van der Waals surface area contributed by atoms with Crippen molar-refractivity contribution in [1.29, 1.82) is 0 Å². The predicted octanol–water partition coefficient (Wildman–Crippen LogP) is -3.45. The van der Waals surface area contributed by atoms with Gasteiger partial charge in [0.1, 0.15) is 36.8 Å². The molecule has 0 rings (SSSR count). The second-order valence-corrected chi connectivity index (χ2v) is 12.6. The van der Waals surface area contributed by atoms with Crippen molar-refractivity contribution in [3.8, 4) is 0 Å². The zero-order valence-corrected chi connectivity index (χ0v) is 28.9. The van der Waals surface area contributed by atoms with Gasteiger partial charge in [0.2, 0.25) is 35.4 Å². The van der Waals surface area contributed by atoms with Crippen LogP contribution in [-0.2, 0) is 33.6 Å². The number of unbranched alkanes of at least 4 members (excludes halogenated alkanes) is 1. The van der Waals surface area contributed by atoms with Crippen LogP contribution in [0.2, 0.25) is 0 Å². The minimum Gasteiger partial charge on any atom is -0.480 e. The first-order chi connectivity index (χ1) is 22.2. The average molecular weight is 689 g/mol. The third-order valence-electron chi connectivity index (χ3n) is 7.18. The zero-order valence-electron chi connectivity index (χ0n) is 28.9. The second kappa shape index (κ2) is 21.9. The number of amides is 6. The molecule has 48 heavy (non-hydrogen) atoms. The van der Waals surface area contributed by atoms with Gasteiger partial charge in [-0.2, -0.15) is 0 Å². The topological polar surface area (TPSA) is 304 Å². The lowest BCUT2D eigenvalue weighted by atomic mass is 10.0. The average Bonchev–Trinajstić information content (AvgIpc) is 2.98. The number of carboxylic acids is 1. The number of hydrogen-bond acceptors (Lipinski definition) is 11. The number of carbonyl (C=O) groups is 7. The quantitative estimate of drug-likeness (QED) is 0.0495. The van der Waals surface area contributed by atoms with Gasteiger partial charge in [0, 0.05) is 0 Å². The molecule has 0 aromatic heterocycles. The molecule has 0 heterocycles. The molecule has 0 bridgehead atoms. The number of aliphatic hydroxyl groups is 2. The molecule has 0 aromatic carbocycles. The van der Waals surface area contributed by atoms with Gasteiger partial charge in [-0.3, -0.25) is 33.6 Å². The minimum atomic E-state index is -1.60. The molecule has 6 amide bonds. The van der Waals surface area contributed by atoms with Gasteiger partial charge in [-0.25, -0.2) is 0 Å². The second-order valence-electron chi connectivity index (χ2n) is 12.6. The van der Waals surface area contributed by atoms with Crippen LogP contribution in [-0.4, -0.2) is 118 Å². The van der Waals surface area contributed by atoms with Crippen LogP contribution in [0.5, 0.6) is 0 Å². The normalized spacial score (nSPS) is 16.3. The van der Waals surface area contributed by atoms with E-state index in [1.807, 2.05) is 13.8 Å². The van der Waals surface area contributed by atoms with E-state index in [-0.39, 0.29) is 18.9 Å². The summed E-state index contributed by atoms with van der Waals surface area (Å²) in [6.45, 7) is 10.4. The molecule has 0 aliphatic rings. The van der Waals surface area contributed by atoms with Gasteiger partial charge in [-0.15, -0.1) is 0 Å².